The van der Waals surface area contributed by atoms with E-state index in [2.05, 4.69) is 5.32 Å². The Morgan fingerprint density at radius 3 is 2.38 bits per heavy atom. The maximum Gasteiger partial charge on any atom is 0.269 e. The van der Waals surface area contributed by atoms with Crippen LogP contribution in [0.2, 0.25) is 5.02 Å². The number of nitrogens with one attached hydrogen (secondary N) is 1. The fourth-order valence-corrected chi connectivity index (χ4v) is 3.13. The molecule has 6 nitrogen and oxygen atoms in total. The Morgan fingerprint density at radius 1 is 1.10 bits per heavy atom. The third kappa shape index (κ3) is 5.33. The van der Waals surface area contributed by atoms with Crippen LogP contribution < -0.4 is 10.1 Å². The lowest BCUT2D eigenvalue weighted by Gasteiger charge is -2.20. The minimum Gasteiger partial charge on any atom is -0.497 e. The van der Waals surface area contributed by atoms with Gasteiger partial charge in [0, 0.05) is 34.8 Å². The third-order valence-corrected chi connectivity index (χ3v) is 4.71. The minimum atomic E-state index is -0.453. The molecule has 0 radical (unpaired) electrons. The zero-order chi connectivity index (χ0) is 20.8. The van der Waals surface area contributed by atoms with Crippen LogP contribution in [0.15, 0.2) is 72.8 Å². The average molecular weight is 411 g/mol. The minimum absolute atomic E-state index is 0.00386. The average Bonchev–Trinajstić information content (AvgIpc) is 2.73. The van der Waals surface area contributed by atoms with Crippen molar-refractivity contribution in [3.05, 3.63) is 99.1 Å². The standard InChI is InChI=1S/C22H19ClN2O4/c1-29-20-11-5-15(6-12-20)22(26)14-21(16-3-2-4-17(23)13-16)24-18-7-9-19(10-8-18)25(27)28/h2-13,21,24H,14H2,1H3. The zero-order valence-electron chi connectivity index (χ0n) is 15.7. The molecular weight excluding hydrogens is 392 g/mol. The molecule has 148 valence electrons. The monoisotopic (exact) mass is 410 g/mol. The van der Waals surface area contributed by atoms with Gasteiger partial charge in [-0.2, -0.15) is 0 Å². The number of carbonyl (C=O) groups is 1. The molecular formula is C22H19ClN2O4. The SMILES string of the molecule is COc1ccc(C(=O)CC(Nc2ccc([N+](=O)[O-])cc2)c2cccc(Cl)c2)cc1. The summed E-state index contributed by atoms with van der Waals surface area (Å²) in [6.45, 7) is 0. The summed E-state index contributed by atoms with van der Waals surface area (Å²) >= 11 is 6.13. The lowest BCUT2D eigenvalue weighted by Crippen LogP contribution is -2.16. The number of nitrogens with zero attached hydrogens (tertiary/aromatic N) is 1. The first-order chi connectivity index (χ1) is 14.0. The van der Waals surface area contributed by atoms with Gasteiger partial charge in [-0.15, -0.1) is 0 Å². The molecule has 0 amide bonds. The quantitative estimate of drug-likeness (QED) is 0.293. The van der Waals surface area contributed by atoms with E-state index in [4.69, 9.17) is 16.3 Å². The Labute approximate surface area is 173 Å². The van der Waals surface area contributed by atoms with Gasteiger partial charge in [-0.05, 0) is 54.1 Å². The highest BCUT2D eigenvalue weighted by molar-refractivity contribution is 6.30. The van der Waals surface area contributed by atoms with Crippen LogP contribution in [0.4, 0.5) is 11.4 Å². The summed E-state index contributed by atoms with van der Waals surface area (Å²) in [5, 5.41) is 14.7. The first kappa shape index (κ1) is 20.4. The largest absolute Gasteiger partial charge is 0.497 e. The molecule has 3 aromatic carbocycles. The highest BCUT2D eigenvalue weighted by atomic mass is 35.5. The van der Waals surface area contributed by atoms with E-state index >= 15 is 0 Å². The second-order valence-electron chi connectivity index (χ2n) is 6.41. The first-order valence-electron chi connectivity index (χ1n) is 8.90. The molecule has 0 spiro atoms. The highest BCUT2D eigenvalue weighted by Crippen LogP contribution is 2.28. The molecule has 0 aliphatic carbocycles. The van der Waals surface area contributed by atoms with Crippen LogP contribution in [-0.2, 0) is 0 Å². The van der Waals surface area contributed by atoms with Gasteiger partial charge in [0.25, 0.3) is 5.69 Å². The molecule has 0 aliphatic heterocycles. The lowest BCUT2D eigenvalue weighted by molar-refractivity contribution is -0.384. The van der Waals surface area contributed by atoms with E-state index in [0.29, 0.717) is 22.0 Å². The van der Waals surface area contributed by atoms with E-state index in [1.54, 1.807) is 55.6 Å². The van der Waals surface area contributed by atoms with Gasteiger partial charge in [0.05, 0.1) is 18.1 Å². The summed E-state index contributed by atoms with van der Waals surface area (Å²) in [5.74, 6) is 0.629. The van der Waals surface area contributed by atoms with Crippen molar-refractivity contribution in [2.45, 2.75) is 12.5 Å². The topological polar surface area (TPSA) is 81.5 Å². The van der Waals surface area contributed by atoms with Gasteiger partial charge in [0.2, 0.25) is 0 Å². The van der Waals surface area contributed by atoms with E-state index in [-0.39, 0.29) is 23.9 Å². The second-order valence-corrected chi connectivity index (χ2v) is 6.85. The Bertz CT molecular complexity index is 1000. The van der Waals surface area contributed by atoms with E-state index in [9.17, 15) is 14.9 Å². The maximum atomic E-state index is 12.8. The molecule has 1 unspecified atom stereocenters. The molecule has 3 aromatic rings. The molecule has 7 heteroatoms. The van der Waals surface area contributed by atoms with Crippen LogP contribution in [0.25, 0.3) is 0 Å². The Morgan fingerprint density at radius 2 is 1.79 bits per heavy atom. The van der Waals surface area contributed by atoms with Crippen LogP contribution in [0.1, 0.15) is 28.4 Å². The third-order valence-electron chi connectivity index (χ3n) is 4.47. The fraction of sp³-hybridized carbons (Fsp3) is 0.136. The molecule has 0 saturated carbocycles. The smallest absolute Gasteiger partial charge is 0.269 e. The van der Waals surface area contributed by atoms with Crippen molar-refractivity contribution >= 4 is 28.8 Å². The van der Waals surface area contributed by atoms with Crippen molar-refractivity contribution in [2.24, 2.45) is 0 Å². The summed E-state index contributed by atoms with van der Waals surface area (Å²) in [7, 11) is 1.57. The van der Waals surface area contributed by atoms with Gasteiger partial charge in [-0.1, -0.05) is 23.7 Å². The van der Waals surface area contributed by atoms with Crippen molar-refractivity contribution in [3.8, 4) is 5.75 Å². The van der Waals surface area contributed by atoms with Gasteiger partial charge in [0.1, 0.15) is 5.75 Å². The molecule has 3 rings (SSSR count). The Hall–Kier alpha value is -3.38. The van der Waals surface area contributed by atoms with Crippen molar-refractivity contribution in [1.82, 2.24) is 0 Å². The summed E-state index contributed by atoms with van der Waals surface area (Å²) in [5.41, 5.74) is 2.09. The number of Topliss-reactive ketones (excluding diaryl/α,β-unsaturated/α-hetero) is 1. The number of rotatable bonds is 8. The number of carbonyl (C=O) groups excluding carboxylic acids is 1. The molecule has 0 aromatic heterocycles. The Balaban J connectivity index is 1.84. The van der Waals surface area contributed by atoms with E-state index in [1.165, 1.54) is 12.1 Å². The van der Waals surface area contributed by atoms with Gasteiger partial charge < -0.3 is 10.1 Å². The second kappa shape index (κ2) is 9.21. The number of non-ortho nitro benzene ring substituents is 1. The normalized spacial score (nSPS) is 11.5. The first-order valence-corrected chi connectivity index (χ1v) is 9.28. The number of hydrogen-bond acceptors (Lipinski definition) is 5. The molecule has 1 N–H and O–H groups in total. The zero-order valence-corrected chi connectivity index (χ0v) is 16.4. The predicted octanol–water partition coefficient (Wildman–Crippen LogP) is 5.68. The van der Waals surface area contributed by atoms with Crippen LogP contribution in [0.3, 0.4) is 0 Å². The van der Waals surface area contributed by atoms with Crippen LogP contribution in [-0.4, -0.2) is 17.8 Å². The number of halogens is 1. The van der Waals surface area contributed by atoms with Gasteiger partial charge in [0.15, 0.2) is 5.78 Å². The van der Waals surface area contributed by atoms with Crippen molar-refractivity contribution in [3.63, 3.8) is 0 Å². The van der Waals surface area contributed by atoms with Crippen molar-refractivity contribution < 1.29 is 14.5 Å². The number of benzene rings is 3. The van der Waals surface area contributed by atoms with Crippen molar-refractivity contribution in [1.29, 1.82) is 0 Å². The fourth-order valence-electron chi connectivity index (χ4n) is 2.94. The summed E-state index contributed by atoms with van der Waals surface area (Å²) < 4.78 is 5.13. The number of nitro benzene ring substituents is 1. The van der Waals surface area contributed by atoms with E-state index < -0.39 is 4.92 Å². The number of methoxy groups -OCH3 is 1. The molecule has 0 bridgehead atoms. The van der Waals surface area contributed by atoms with E-state index in [1.807, 2.05) is 12.1 Å². The molecule has 0 heterocycles. The number of ketones is 1. The van der Waals surface area contributed by atoms with Crippen LogP contribution in [0.5, 0.6) is 5.75 Å². The summed E-state index contributed by atoms with van der Waals surface area (Å²) in [6.07, 6.45) is 0.184. The van der Waals surface area contributed by atoms with Gasteiger partial charge in [-0.25, -0.2) is 0 Å². The van der Waals surface area contributed by atoms with E-state index in [0.717, 1.165) is 5.56 Å². The highest BCUT2D eigenvalue weighted by Gasteiger charge is 2.18. The molecule has 0 fully saturated rings. The number of nitro groups is 1. The number of ether oxygens (including phenoxy) is 1. The lowest BCUT2D eigenvalue weighted by atomic mass is 9.97. The molecule has 0 saturated heterocycles. The molecule has 29 heavy (non-hydrogen) atoms. The van der Waals surface area contributed by atoms with Crippen LogP contribution in [0, 0.1) is 10.1 Å². The number of hydrogen-bond donors (Lipinski definition) is 1. The Kier molecular flexibility index (Phi) is 6.46. The van der Waals surface area contributed by atoms with Gasteiger partial charge >= 0.3 is 0 Å². The van der Waals surface area contributed by atoms with Crippen molar-refractivity contribution in [2.75, 3.05) is 12.4 Å². The molecule has 0 aliphatic rings. The van der Waals surface area contributed by atoms with Gasteiger partial charge in [-0.3, -0.25) is 14.9 Å². The number of anilines is 1. The summed E-state index contributed by atoms with van der Waals surface area (Å²) in [4.78, 5) is 23.2. The maximum absolute atomic E-state index is 12.8. The van der Waals surface area contributed by atoms with Crippen LogP contribution >= 0.6 is 11.6 Å². The summed E-state index contributed by atoms with van der Waals surface area (Å²) in [6, 6.07) is 19.9. The molecule has 1 atom stereocenters. The predicted molar refractivity (Wildman–Crippen MR) is 113 cm³/mol.